The fraction of sp³-hybridized carbons (Fsp3) is 0.0588. The quantitative estimate of drug-likeness (QED) is 0.149. The molecular weight excluding hydrogens is 655 g/mol. The van der Waals surface area contributed by atoms with E-state index in [2.05, 4.69) is 241 Å². The Morgan fingerprint density at radius 1 is 0.296 bits per heavy atom. The van der Waals surface area contributed by atoms with Crippen LogP contribution in [0.2, 0.25) is 0 Å². The standard InChI is InChI=1S/C51H41N3/c1-51(2)47-35-44(52(38-21-9-3-10-22-38)39-23-11-4-12-24-39)33-34-46(47)50-48(51)36-45(53(40-25-13-5-14-26-40)41-27-15-6-16-28-41)37-49(50)54(42-29-17-7-18-30-42)43-31-19-8-20-32-43/h3-37H,1-2H3. The summed E-state index contributed by atoms with van der Waals surface area (Å²) in [5, 5.41) is 0. The van der Waals surface area contributed by atoms with Crippen molar-refractivity contribution in [1.82, 2.24) is 0 Å². The third-order valence-electron chi connectivity index (χ3n) is 10.6. The maximum Gasteiger partial charge on any atom is 0.0564 e. The Morgan fingerprint density at radius 2 is 0.630 bits per heavy atom. The van der Waals surface area contributed by atoms with E-state index >= 15 is 0 Å². The topological polar surface area (TPSA) is 9.72 Å². The number of rotatable bonds is 9. The number of hydrogen-bond acceptors (Lipinski definition) is 3. The Labute approximate surface area is 318 Å². The minimum absolute atomic E-state index is 0.317. The summed E-state index contributed by atoms with van der Waals surface area (Å²) in [6.45, 7) is 4.77. The van der Waals surface area contributed by atoms with Crippen molar-refractivity contribution in [2.45, 2.75) is 19.3 Å². The molecule has 0 heterocycles. The van der Waals surface area contributed by atoms with E-state index in [1.54, 1.807) is 0 Å². The van der Waals surface area contributed by atoms with Gasteiger partial charge < -0.3 is 14.7 Å². The molecular formula is C51H41N3. The molecule has 8 aromatic carbocycles. The minimum atomic E-state index is -0.317. The van der Waals surface area contributed by atoms with E-state index in [1.807, 2.05) is 0 Å². The Balaban J connectivity index is 1.32. The van der Waals surface area contributed by atoms with Crippen LogP contribution in [0.5, 0.6) is 0 Å². The number of hydrogen-bond donors (Lipinski definition) is 0. The van der Waals surface area contributed by atoms with Gasteiger partial charge in [-0.05, 0) is 114 Å². The second-order valence-corrected chi connectivity index (χ2v) is 14.3. The Bertz CT molecular complexity index is 2380. The molecule has 1 aliphatic carbocycles. The Hall–Kier alpha value is -6.84. The summed E-state index contributed by atoms with van der Waals surface area (Å²) in [4.78, 5) is 7.17. The Kier molecular flexibility index (Phi) is 8.53. The fourth-order valence-electron chi connectivity index (χ4n) is 8.03. The van der Waals surface area contributed by atoms with Crippen LogP contribution >= 0.6 is 0 Å². The van der Waals surface area contributed by atoms with Crippen molar-refractivity contribution in [2.24, 2.45) is 0 Å². The molecule has 54 heavy (non-hydrogen) atoms. The molecule has 0 aliphatic heterocycles. The van der Waals surface area contributed by atoms with Gasteiger partial charge in [0.15, 0.2) is 0 Å². The van der Waals surface area contributed by atoms with Crippen molar-refractivity contribution in [3.8, 4) is 11.1 Å². The van der Waals surface area contributed by atoms with Crippen molar-refractivity contribution < 1.29 is 0 Å². The number of para-hydroxylation sites is 6. The third-order valence-corrected chi connectivity index (χ3v) is 10.6. The smallest absolute Gasteiger partial charge is 0.0564 e. The summed E-state index contributed by atoms with van der Waals surface area (Å²) >= 11 is 0. The monoisotopic (exact) mass is 695 g/mol. The van der Waals surface area contributed by atoms with Crippen molar-refractivity contribution in [2.75, 3.05) is 14.7 Å². The average molecular weight is 696 g/mol. The van der Waals surface area contributed by atoms with Gasteiger partial charge in [0.05, 0.1) is 5.69 Å². The van der Waals surface area contributed by atoms with E-state index in [0.29, 0.717) is 0 Å². The number of benzene rings is 8. The predicted molar refractivity (Wildman–Crippen MR) is 228 cm³/mol. The van der Waals surface area contributed by atoms with Gasteiger partial charge in [0, 0.05) is 56.5 Å². The van der Waals surface area contributed by atoms with Crippen LogP contribution in [0.3, 0.4) is 0 Å². The van der Waals surface area contributed by atoms with Crippen LogP contribution in [0, 0.1) is 0 Å². The average Bonchev–Trinajstić information content (AvgIpc) is 3.46. The zero-order valence-corrected chi connectivity index (χ0v) is 30.5. The molecule has 0 N–H and O–H groups in total. The molecule has 0 unspecified atom stereocenters. The van der Waals surface area contributed by atoms with Gasteiger partial charge in [-0.1, -0.05) is 129 Å². The molecule has 0 fully saturated rings. The van der Waals surface area contributed by atoms with Gasteiger partial charge >= 0.3 is 0 Å². The number of nitrogens with zero attached hydrogens (tertiary/aromatic N) is 3. The first kappa shape index (κ1) is 33.0. The van der Waals surface area contributed by atoms with Crippen molar-refractivity contribution >= 4 is 51.2 Å². The van der Waals surface area contributed by atoms with Crippen molar-refractivity contribution in [1.29, 1.82) is 0 Å². The van der Waals surface area contributed by atoms with Gasteiger partial charge in [-0.3, -0.25) is 0 Å². The summed E-state index contributed by atoms with van der Waals surface area (Å²) in [7, 11) is 0. The molecule has 0 spiro atoms. The number of fused-ring (bicyclic) bond motifs is 3. The molecule has 0 aromatic heterocycles. The largest absolute Gasteiger partial charge is 0.310 e. The van der Waals surface area contributed by atoms with Crippen LogP contribution in [-0.2, 0) is 5.41 Å². The number of anilines is 9. The first-order chi connectivity index (χ1) is 26.6. The zero-order valence-electron chi connectivity index (χ0n) is 30.5. The summed E-state index contributed by atoms with van der Waals surface area (Å²) in [6.07, 6.45) is 0. The van der Waals surface area contributed by atoms with Crippen LogP contribution in [0.25, 0.3) is 11.1 Å². The molecule has 0 atom stereocenters. The van der Waals surface area contributed by atoms with E-state index in [0.717, 1.165) is 51.2 Å². The van der Waals surface area contributed by atoms with E-state index < -0.39 is 0 Å². The Morgan fingerprint density at radius 3 is 1.02 bits per heavy atom. The molecule has 0 saturated heterocycles. The van der Waals surface area contributed by atoms with Gasteiger partial charge in [-0.15, -0.1) is 0 Å². The predicted octanol–water partition coefficient (Wildman–Crippen LogP) is 14.4. The lowest BCUT2D eigenvalue weighted by Gasteiger charge is -2.32. The minimum Gasteiger partial charge on any atom is -0.310 e. The van der Waals surface area contributed by atoms with Crippen LogP contribution in [0.4, 0.5) is 51.2 Å². The second-order valence-electron chi connectivity index (χ2n) is 14.3. The van der Waals surface area contributed by atoms with Crippen LogP contribution in [0.15, 0.2) is 212 Å². The second kappa shape index (κ2) is 13.9. The highest BCUT2D eigenvalue weighted by Gasteiger charge is 2.40. The van der Waals surface area contributed by atoms with E-state index in [9.17, 15) is 0 Å². The van der Waals surface area contributed by atoms with E-state index in [4.69, 9.17) is 0 Å². The molecule has 0 amide bonds. The van der Waals surface area contributed by atoms with E-state index in [1.165, 1.54) is 22.3 Å². The molecule has 0 radical (unpaired) electrons. The SMILES string of the molecule is CC1(C)c2cc(N(c3ccccc3)c3ccccc3)ccc2-c2c(N(c3ccccc3)c3ccccc3)cc(N(c3ccccc3)c3ccccc3)cc21. The molecule has 0 bridgehead atoms. The highest BCUT2D eigenvalue weighted by molar-refractivity contribution is 5.99. The first-order valence-electron chi connectivity index (χ1n) is 18.6. The lowest BCUT2D eigenvalue weighted by atomic mass is 9.81. The molecule has 8 aromatic rings. The van der Waals surface area contributed by atoms with Gasteiger partial charge in [0.2, 0.25) is 0 Å². The highest BCUT2D eigenvalue weighted by atomic mass is 15.2. The van der Waals surface area contributed by atoms with Crippen molar-refractivity contribution in [3.63, 3.8) is 0 Å². The molecule has 3 nitrogen and oxygen atoms in total. The molecule has 0 saturated carbocycles. The maximum absolute atomic E-state index is 2.43. The van der Waals surface area contributed by atoms with Gasteiger partial charge in [-0.2, -0.15) is 0 Å². The lowest BCUT2D eigenvalue weighted by molar-refractivity contribution is 0.660. The molecule has 9 rings (SSSR count). The van der Waals surface area contributed by atoms with Gasteiger partial charge in [-0.25, -0.2) is 0 Å². The third kappa shape index (κ3) is 5.90. The maximum atomic E-state index is 2.43. The fourth-order valence-corrected chi connectivity index (χ4v) is 8.03. The van der Waals surface area contributed by atoms with E-state index in [-0.39, 0.29) is 5.41 Å². The van der Waals surface area contributed by atoms with Crippen molar-refractivity contribution in [3.05, 3.63) is 223 Å². The summed E-state index contributed by atoms with van der Waals surface area (Å²) in [6, 6.07) is 76.1. The zero-order chi connectivity index (χ0) is 36.5. The highest BCUT2D eigenvalue weighted by Crippen LogP contribution is 2.57. The first-order valence-corrected chi connectivity index (χ1v) is 18.6. The lowest BCUT2D eigenvalue weighted by Crippen LogP contribution is -2.19. The molecule has 3 heteroatoms. The summed E-state index contributed by atoms with van der Waals surface area (Å²) in [5.74, 6) is 0. The molecule has 260 valence electrons. The van der Waals surface area contributed by atoms with Crippen LogP contribution in [0.1, 0.15) is 25.0 Å². The van der Waals surface area contributed by atoms with Crippen LogP contribution in [-0.4, -0.2) is 0 Å². The van der Waals surface area contributed by atoms with Crippen LogP contribution < -0.4 is 14.7 Å². The van der Waals surface area contributed by atoms with Gasteiger partial charge in [0.1, 0.15) is 0 Å². The normalized spacial score (nSPS) is 12.4. The summed E-state index contributed by atoms with van der Waals surface area (Å²) in [5.41, 5.74) is 14.8. The van der Waals surface area contributed by atoms with Gasteiger partial charge in [0.25, 0.3) is 0 Å². The summed E-state index contributed by atoms with van der Waals surface area (Å²) < 4.78 is 0. The molecule has 1 aliphatic rings.